The first-order chi connectivity index (χ1) is 6.93. The summed E-state index contributed by atoms with van der Waals surface area (Å²) in [7, 11) is -6.40. The molecule has 0 bridgehead atoms. The van der Waals surface area contributed by atoms with Gasteiger partial charge in [-0.2, -0.15) is 0 Å². The maximum absolute atomic E-state index is 9.44. The molecule has 0 fully saturated rings. The maximum atomic E-state index is 9.44. The zero-order valence-corrected chi connectivity index (χ0v) is 9.88. The molecule has 1 aromatic carbocycles. The van der Waals surface area contributed by atoms with Crippen molar-refractivity contribution in [3.05, 3.63) is 29.8 Å². The molecule has 3 N–H and O–H groups in total. The fourth-order valence-corrected chi connectivity index (χ4v) is 1.24. The molecule has 0 heterocycles. The Balaban J connectivity index is 0.000000265. The van der Waals surface area contributed by atoms with Gasteiger partial charge in [-0.3, -0.25) is 9.13 Å². The van der Waals surface area contributed by atoms with E-state index in [2.05, 4.69) is 4.31 Å². The van der Waals surface area contributed by atoms with Crippen molar-refractivity contribution in [3.63, 3.8) is 0 Å². The molecular formula is C7H12O6P2. The van der Waals surface area contributed by atoms with Gasteiger partial charge in [-0.25, -0.2) is 4.31 Å². The second-order valence-corrected chi connectivity index (χ2v) is 4.30. The predicted octanol–water partition coefficient (Wildman–Crippen LogP) is 1.47. The first-order valence-corrected chi connectivity index (χ1v) is 6.34. The molecule has 1 rings (SSSR count). The van der Waals surface area contributed by atoms with Crippen LogP contribution in [0.4, 0.5) is 0 Å². The van der Waals surface area contributed by atoms with Crippen molar-refractivity contribution >= 4 is 16.5 Å². The summed E-state index contributed by atoms with van der Waals surface area (Å²) in [5.74, 6) is 0.368. The average Bonchev–Trinajstić information content (AvgIpc) is 2.08. The van der Waals surface area contributed by atoms with E-state index in [0.29, 0.717) is 5.75 Å². The topological polar surface area (TPSA) is 104 Å². The number of hydrogen-bond acceptors (Lipinski definition) is 4. The largest absolute Gasteiger partial charge is 0.508 e. The minimum atomic E-state index is -3.20. The molecule has 15 heavy (non-hydrogen) atoms. The molecule has 8 heteroatoms. The van der Waals surface area contributed by atoms with Crippen molar-refractivity contribution in [1.29, 1.82) is 0 Å². The molecule has 86 valence electrons. The van der Waals surface area contributed by atoms with E-state index in [1.807, 2.05) is 25.1 Å². The van der Waals surface area contributed by atoms with Crippen LogP contribution in [0.2, 0.25) is 0 Å². The molecule has 0 spiro atoms. The highest BCUT2D eigenvalue weighted by Crippen LogP contribution is 2.30. The number of phenols is 1. The highest BCUT2D eigenvalue weighted by Gasteiger charge is 1.93. The van der Waals surface area contributed by atoms with E-state index in [4.69, 9.17) is 14.9 Å². The molecule has 2 unspecified atom stereocenters. The van der Waals surface area contributed by atoms with E-state index in [1.54, 1.807) is 6.07 Å². The molecule has 0 saturated heterocycles. The molecule has 0 amide bonds. The van der Waals surface area contributed by atoms with Gasteiger partial charge in [-0.05, 0) is 18.6 Å². The predicted molar refractivity (Wildman–Crippen MR) is 56.4 cm³/mol. The Kier molecular flexibility index (Phi) is 7.30. The molecular weight excluding hydrogens is 242 g/mol. The fourth-order valence-electron chi connectivity index (χ4n) is 0.638. The summed E-state index contributed by atoms with van der Waals surface area (Å²) in [5, 5.41) is 8.92. The lowest BCUT2D eigenvalue weighted by molar-refractivity contribution is 0.371. The van der Waals surface area contributed by atoms with E-state index >= 15 is 0 Å². The number of benzene rings is 1. The molecule has 6 nitrogen and oxygen atoms in total. The van der Waals surface area contributed by atoms with Crippen molar-refractivity contribution in [2.24, 2.45) is 0 Å². The average molecular weight is 254 g/mol. The van der Waals surface area contributed by atoms with Crippen LogP contribution >= 0.6 is 16.5 Å². The Morgan fingerprint density at radius 3 is 1.80 bits per heavy atom. The molecule has 0 aliphatic carbocycles. The van der Waals surface area contributed by atoms with Gasteiger partial charge in [0.05, 0.1) is 0 Å². The Hall–Kier alpha value is -0.640. The molecule has 0 aromatic heterocycles. The quantitative estimate of drug-likeness (QED) is 0.690. The van der Waals surface area contributed by atoms with Gasteiger partial charge in [0.15, 0.2) is 0 Å². The zero-order chi connectivity index (χ0) is 11.8. The van der Waals surface area contributed by atoms with E-state index in [-0.39, 0.29) is 0 Å². The smallest absolute Gasteiger partial charge is 0.323 e. The van der Waals surface area contributed by atoms with Crippen molar-refractivity contribution in [1.82, 2.24) is 0 Å². The van der Waals surface area contributed by atoms with Crippen LogP contribution in [0.25, 0.3) is 0 Å². The van der Waals surface area contributed by atoms with Crippen LogP contribution in [0.15, 0.2) is 24.3 Å². The van der Waals surface area contributed by atoms with Crippen LogP contribution in [0.5, 0.6) is 5.75 Å². The number of aryl methyl sites for hydroxylation is 1. The van der Waals surface area contributed by atoms with Crippen LogP contribution in [0.1, 0.15) is 5.56 Å². The first kappa shape index (κ1) is 14.4. The van der Waals surface area contributed by atoms with Crippen molar-refractivity contribution in [2.75, 3.05) is 0 Å². The van der Waals surface area contributed by atoms with Gasteiger partial charge in [0.1, 0.15) is 5.75 Å². The van der Waals surface area contributed by atoms with Crippen LogP contribution < -0.4 is 0 Å². The van der Waals surface area contributed by atoms with Crippen LogP contribution in [-0.2, 0) is 13.4 Å². The summed E-state index contributed by atoms with van der Waals surface area (Å²) in [6.07, 6.45) is 0. The third-order valence-corrected chi connectivity index (χ3v) is 2.69. The van der Waals surface area contributed by atoms with E-state index in [1.165, 1.54) is 0 Å². The third-order valence-electron chi connectivity index (χ3n) is 1.29. The van der Waals surface area contributed by atoms with Crippen molar-refractivity contribution < 1.29 is 28.3 Å². The number of para-hydroxylation sites is 1. The second kappa shape index (κ2) is 7.63. The zero-order valence-electron chi connectivity index (χ0n) is 7.88. The van der Waals surface area contributed by atoms with E-state index in [9.17, 15) is 9.13 Å². The molecule has 0 saturated carbocycles. The van der Waals surface area contributed by atoms with Crippen LogP contribution in [-0.4, -0.2) is 14.9 Å². The van der Waals surface area contributed by atoms with Gasteiger partial charge in [-0.1, -0.05) is 18.2 Å². The normalized spacial score (nSPS) is 13.5. The van der Waals surface area contributed by atoms with Gasteiger partial charge in [-0.15, -0.1) is 0 Å². The molecule has 2 atom stereocenters. The molecule has 0 radical (unpaired) electrons. The molecule has 0 aliphatic heterocycles. The summed E-state index contributed by atoms with van der Waals surface area (Å²) >= 11 is 0. The van der Waals surface area contributed by atoms with Gasteiger partial charge in [0, 0.05) is 0 Å². The molecule has 0 aliphatic rings. The van der Waals surface area contributed by atoms with Gasteiger partial charge >= 0.3 is 16.5 Å². The number of rotatable bonds is 2. The standard InChI is InChI=1S/C7H8O.H4O5P2/c1-6-4-2-3-5-7(6)8;1-6(2)5-7(3)4/h2-5,8H,1H3;6-7H,(H,1,2)(H,3,4). The molecule has 1 aromatic rings. The lowest BCUT2D eigenvalue weighted by Gasteiger charge is -1.92. The van der Waals surface area contributed by atoms with E-state index < -0.39 is 16.5 Å². The lowest BCUT2D eigenvalue weighted by atomic mass is 10.2. The van der Waals surface area contributed by atoms with E-state index in [0.717, 1.165) is 5.56 Å². The highest BCUT2D eigenvalue weighted by atomic mass is 31.2. The highest BCUT2D eigenvalue weighted by molar-refractivity contribution is 7.46. The van der Waals surface area contributed by atoms with Gasteiger partial charge in [0.25, 0.3) is 0 Å². The van der Waals surface area contributed by atoms with Crippen LogP contribution in [0.3, 0.4) is 0 Å². The Morgan fingerprint density at radius 1 is 1.13 bits per heavy atom. The number of hydrogen-bond donors (Lipinski definition) is 3. The third kappa shape index (κ3) is 8.36. The second-order valence-electron chi connectivity index (χ2n) is 2.42. The minimum absolute atomic E-state index is 0.368. The maximum Gasteiger partial charge on any atom is 0.323 e. The van der Waals surface area contributed by atoms with Crippen molar-refractivity contribution in [3.8, 4) is 5.75 Å². The lowest BCUT2D eigenvalue weighted by Crippen LogP contribution is -1.68. The summed E-state index contributed by atoms with van der Waals surface area (Å²) in [6.45, 7) is 1.87. The first-order valence-electron chi connectivity index (χ1n) is 3.81. The Morgan fingerprint density at radius 2 is 1.60 bits per heavy atom. The van der Waals surface area contributed by atoms with Crippen LogP contribution in [0, 0.1) is 6.92 Å². The van der Waals surface area contributed by atoms with Crippen molar-refractivity contribution in [2.45, 2.75) is 6.92 Å². The monoisotopic (exact) mass is 254 g/mol. The number of phenolic OH excluding ortho intramolecular Hbond substituents is 1. The summed E-state index contributed by atoms with van der Waals surface area (Å²) in [6, 6.07) is 7.25. The summed E-state index contributed by atoms with van der Waals surface area (Å²) < 4.78 is 22.3. The fraction of sp³-hybridized carbons (Fsp3) is 0.143. The van der Waals surface area contributed by atoms with Gasteiger partial charge in [0.2, 0.25) is 0 Å². The SMILES string of the molecule is Cc1ccccc1O.O=[PH](O)O[PH](=O)O. The summed E-state index contributed by atoms with van der Waals surface area (Å²) in [4.78, 5) is 15.4. The van der Waals surface area contributed by atoms with Gasteiger partial charge < -0.3 is 14.9 Å². The number of aromatic hydroxyl groups is 1. The Labute approximate surface area is 88.1 Å². The summed E-state index contributed by atoms with van der Waals surface area (Å²) in [5.41, 5.74) is 0.924. The Bertz CT molecular complexity index is 320. The minimum Gasteiger partial charge on any atom is -0.508 e.